The Bertz CT molecular complexity index is 560. The Hall–Kier alpha value is -1.65. The molecule has 5 nitrogen and oxygen atoms in total. The lowest BCUT2D eigenvalue weighted by molar-refractivity contribution is 0.490. The summed E-state index contributed by atoms with van der Waals surface area (Å²) in [5, 5.41) is 5.35. The zero-order valence-corrected chi connectivity index (χ0v) is 11.2. The molecule has 5 heteroatoms. The summed E-state index contributed by atoms with van der Waals surface area (Å²) >= 11 is 0. The lowest BCUT2D eigenvalue weighted by Crippen LogP contribution is -2.34. The molecule has 0 radical (unpaired) electrons. The van der Waals surface area contributed by atoms with Crippen LogP contribution in [0.15, 0.2) is 12.5 Å². The molecule has 0 spiro atoms. The minimum absolute atomic E-state index is 0.586. The van der Waals surface area contributed by atoms with Crippen molar-refractivity contribution >= 4 is 16.9 Å². The van der Waals surface area contributed by atoms with Crippen LogP contribution in [-0.2, 0) is 7.05 Å². The summed E-state index contributed by atoms with van der Waals surface area (Å²) in [6.07, 6.45) is 6.02. The molecule has 0 N–H and O–H groups in total. The van der Waals surface area contributed by atoms with Crippen LogP contribution in [0.5, 0.6) is 0 Å². The van der Waals surface area contributed by atoms with Crippen molar-refractivity contribution in [3.63, 3.8) is 0 Å². The van der Waals surface area contributed by atoms with E-state index in [1.165, 1.54) is 12.8 Å². The van der Waals surface area contributed by atoms with Gasteiger partial charge in [0.1, 0.15) is 12.1 Å². The predicted molar refractivity (Wildman–Crippen MR) is 71.5 cm³/mol. The van der Waals surface area contributed by atoms with Crippen molar-refractivity contribution < 1.29 is 0 Å². The Kier molecular flexibility index (Phi) is 2.69. The van der Waals surface area contributed by atoms with Gasteiger partial charge in [0.15, 0.2) is 5.65 Å². The van der Waals surface area contributed by atoms with E-state index < -0.39 is 0 Å². The average Bonchev–Trinajstić information content (AvgIpc) is 2.96. The van der Waals surface area contributed by atoms with Gasteiger partial charge in [-0.15, -0.1) is 0 Å². The highest BCUT2D eigenvalue weighted by molar-refractivity contribution is 5.86. The third-order valence-electron chi connectivity index (χ3n) is 3.85. The van der Waals surface area contributed by atoms with Crippen molar-refractivity contribution in [3.8, 4) is 0 Å². The standard InChI is InChI=1S/C13H19N5/c1-9(2)11-5-4-6-18(11)13-10-7-16-17(3)12(10)14-8-15-13/h7-9,11H,4-6H2,1-3H3/t11-/m0/s1. The topological polar surface area (TPSA) is 46.8 Å². The van der Waals surface area contributed by atoms with Gasteiger partial charge in [-0.2, -0.15) is 5.10 Å². The van der Waals surface area contributed by atoms with E-state index in [4.69, 9.17) is 0 Å². The van der Waals surface area contributed by atoms with Crippen LogP contribution in [0, 0.1) is 5.92 Å². The summed E-state index contributed by atoms with van der Waals surface area (Å²) in [7, 11) is 1.92. The molecule has 96 valence electrons. The molecule has 0 unspecified atom stereocenters. The van der Waals surface area contributed by atoms with Crippen LogP contribution in [0.2, 0.25) is 0 Å². The molecule has 0 aromatic carbocycles. The molecule has 1 atom stereocenters. The molecule has 1 saturated heterocycles. The van der Waals surface area contributed by atoms with Gasteiger partial charge in [0.25, 0.3) is 0 Å². The van der Waals surface area contributed by atoms with Crippen molar-refractivity contribution in [3.05, 3.63) is 12.5 Å². The van der Waals surface area contributed by atoms with E-state index in [1.54, 1.807) is 11.0 Å². The number of nitrogens with zero attached hydrogens (tertiary/aromatic N) is 5. The number of hydrogen-bond donors (Lipinski definition) is 0. The summed E-state index contributed by atoms with van der Waals surface area (Å²) in [6, 6.07) is 0.586. The molecule has 0 bridgehead atoms. The van der Waals surface area contributed by atoms with Crippen LogP contribution < -0.4 is 4.90 Å². The number of aromatic nitrogens is 4. The van der Waals surface area contributed by atoms with Crippen LogP contribution in [0.1, 0.15) is 26.7 Å². The summed E-state index contributed by atoms with van der Waals surface area (Å²) < 4.78 is 1.81. The number of aryl methyl sites for hydroxylation is 1. The van der Waals surface area contributed by atoms with Crippen molar-refractivity contribution in [1.29, 1.82) is 0 Å². The lowest BCUT2D eigenvalue weighted by Gasteiger charge is -2.28. The van der Waals surface area contributed by atoms with Gasteiger partial charge in [-0.1, -0.05) is 13.8 Å². The van der Waals surface area contributed by atoms with E-state index in [1.807, 2.05) is 13.2 Å². The van der Waals surface area contributed by atoms with Gasteiger partial charge in [-0.25, -0.2) is 9.97 Å². The third-order valence-corrected chi connectivity index (χ3v) is 3.85. The second kappa shape index (κ2) is 4.23. The normalized spacial score (nSPS) is 20.2. The Morgan fingerprint density at radius 3 is 2.94 bits per heavy atom. The second-order valence-electron chi connectivity index (χ2n) is 5.35. The molecule has 1 aliphatic heterocycles. The van der Waals surface area contributed by atoms with E-state index in [0.717, 1.165) is 23.4 Å². The molecule has 0 amide bonds. The quantitative estimate of drug-likeness (QED) is 0.811. The Morgan fingerprint density at radius 2 is 2.17 bits per heavy atom. The van der Waals surface area contributed by atoms with Crippen molar-refractivity contribution in [2.45, 2.75) is 32.7 Å². The SMILES string of the molecule is CC(C)[C@@H]1CCCN1c1ncnc2c1cnn2C. The highest BCUT2D eigenvalue weighted by Gasteiger charge is 2.29. The maximum atomic E-state index is 4.50. The highest BCUT2D eigenvalue weighted by Crippen LogP contribution is 2.31. The van der Waals surface area contributed by atoms with Gasteiger partial charge >= 0.3 is 0 Å². The van der Waals surface area contributed by atoms with Gasteiger partial charge in [-0.05, 0) is 18.8 Å². The molecule has 3 rings (SSSR count). The first-order valence-corrected chi connectivity index (χ1v) is 6.58. The van der Waals surface area contributed by atoms with Crippen LogP contribution >= 0.6 is 0 Å². The fourth-order valence-electron chi connectivity index (χ4n) is 2.93. The smallest absolute Gasteiger partial charge is 0.163 e. The largest absolute Gasteiger partial charge is 0.353 e. The summed E-state index contributed by atoms with van der Waals surface area (Å²) in [4.78, 5) is 11.2. The number of anilines is 1. The first kappa shape index (κ1) is 11.4. The second-order valence-corrected chi connectivity index (χ2v) is 5.35. The number of hydrogen-bond acceptors (Lipinski definition) is 4. The fourth-order valence-corrected chi connectivity index (χ4v) is 2.93. The van der Waals surface area contributed by atoms with Gasteiger partial charge in [0.2, 0.25) is 0 Å². The minimum atomic E-state index is 0.586. The maximum Gasteiger partial charge on any atom is 0.163 e. The van der Waals surface area contributed by atoms with E-state index >= 15 is 0 Å². The van der Waals surface area contributed by atoms with Crippen LogP contribution in [0.3, 0.4) is 0 Å². The Morgan fingerprint density at radius 1 is 1.33 bits per heavy atom. The van der Waals surface area contributed by atoms with Crippen LogP contribution in [0.25, 0.3) is 11.0 Å². The van der Waals surface area contributed by atoms with Crippen molar-refractivity contribution in [2.24, 2.45) is 13.0 Å². The van der Waals surface area contributed by atoms with E-state index in [2.05, 4.69) is 33.8 Å². The number of rotatable bonds is 2. The highest BCUT2D eigenvalue weighted by atomic mass is 15.3. The molecular weight excluding hydrogens is 226 g/mol. The molecule has 0 aliphatic carbocycles. The summed E-state index contributed by atoms with van der Waals surface area (Å²) in [5.41, 5.74) is 0.911. The monoisotopic (exact) mass is 245 g/mol. The van der Waals surface area contributed by atoms with Gasteiger partial charge < -0.3 is 4.90 Å². The van der Waals surface area contributed by atoms with Crippen LogP contribution in [0.4, 0.5) is 5.82 Å². The van der Waals surface area contributed by atoms with Crippen molar-refractivity contribution in [2.75, 3.05) is 11.4 Å². The molecule has 1 fully saturated rings. The average molecular weight is 245 g/mol. The van der Waals surface area contributed by atoms with Crippen molar-refractivity contribution in [1.82, 2.24) is 19.7 Å². The molecule has 1 aliphatic rings. The van der Waals surface area contributed by atoms with E-state index in [-0.39, 0.29) is 0 Å². The predicted octanol–water partition coefficient (Wildman–Crippen LogP) is 1.99. The molecule has 2 aromatic heterocycles. The first-order chi connectivity index (χ1) is 8.68. The minimum Gasteiger partial charge on any atom is -0.353 e. The lowest BCUT2D eigenvalue weighted by atomic mass is 10.0. The Labute approximate surface area is 107 Å². The summed E-state index contributed by atoms with van der Waals surface area (Å²) in [5.74, 6) is 1.69. The van der Waals surface area contributed by atoms with Gasteiger partial charge in [-0.3, -0.25) is 4.68 Å². The maximum absolute atomic E-state index is 4.50. The Balaban J connectivity index is 2.08. The molecule has 0 saturated carbocycles. The molecular formula is C13H19N5. The first-order valence-electron chi connectivity index (χ1n) is 6.58. The van der Waals surface area contributed by atoms with Gasteiger partial charge in [0, 0.05) is 19.6 Å². The van der Waals surface area contributed by atoms with E-state index in [0.29, 0.717) is 12.0 Å². The zero-order valence-electron chi connectivity index (χ0n) is 11.2. The molecule has 2 aromatic rings. The zero-order chi connectivity index (χ0) is 12.7. The fraction of sp³-hybridized carbons (Fsp3) is 0.615. The molecule has 18 heavy (non-hydrogen) atoms. The van der Waals surface area contributed by atoms with Crippen LogP contribution in [-0.4, -0.2) is 32.3 Å². The summed E-state index contributed by atoms with van der Waals surface area (Å²) in [6.45, 7) is 5.65. The molecule has 3 heterocycles. The third kappa shape index (κ3) is 1.65. The van der Waals surface area contributed by atoms with E-state index in [9.17, 15) is 0 Å². The number of fused-ring (bicyclic) bond motifs is 1. The van der Waals surface area contributed by atoms with Gasteiger partial charge in [0.05, 0.1) is 11.6 Å².